The van der Waals surface area contributed by atoms with Crippen LogP contribution in [0.4, 0.5) is 0 Å². The second kappa shape index (κ2) is 7.23. The van der Waals surface area contributed by atoms with Crippen LogP contribution in [0.3, 0.4) is 0 Å². The molecule has 0 saturated heterocycles. The molecule has 0 atom stereocenters. The second-order valence-corrected chi connectivity index (χ2v) is 6.65. The Kier molecular flexibility index (Phi) is 5.02. The van der Waals surface area contributed by atoms with Crippen LogP contribution >= 0.6 is 0 Å². The number of hydrogen-bond acceptors (Lipinski definition) is 4. The summed E-state index contributed by atoms with van der Waals surface area (Å²) in [6.45, 7) is 11.4. The topological polar surface area (TPSA) is 72.7 Å². The number of nitrogens with zero attached hydrogens (tertiary/aromatic N) is 4. The molecule has 0 saturated carbocycles. The van der Waals surface area contributed by atoms with Crippen LogP contribution in [0.1, 0.15) is 52.0 Å². The van der Waals surface area contributed by atoms with Gasteiger partial charge in [-0.05, 0) is 52.3 Å². The molecule has 0 aliphatic heterocycles. The molecule has 2 heterocycles. The number of aromatic nitrogens is 4. The van der Waals surface area contributed by atoms with E-state index in [9.17, 15) is 4.79 Å². The molecular weight excluding hydrogens is 326 g/mol. The van der Waals surface area contributed by atoms with Gasteiger partial charge in [-0.15, -0.1) is 0 Å². The molecule has 0 aliphatic carbocycles. The van der Waals surface area contributed by atoms with E-state index in [0.717, 1.165) is 52.3 Å². The molecule has 2 aromatic heterocycles. The summed E-state index contributed by atoms with van der Waals surface area (Å²) in [5.74, 6) is -0.117. The highest BCUT2D eigenvalue weighted by atomic mass is 16.1. The van der Waals surface area contributed by atoms with Crippen molar-refractivity contribution >= 4 is 16.9 Å². The van der Waals surface area contributed by atoms with Gasteiger partial charge in [0.2, 0.25) is 0 Å². The van der Waals surface area contributed by atoms with Crippen molar-refractivity contribution in [2.75, 3.05) is 0 Å². The SMILES string of the molecule is CCCn1nc(C)c(CNC(=O)c2ccc3nc(C)c(C)nc3c2)c1C. The van der Waals surface area contributed by atoms with Crippen LogP contribution in [0.5, 0.6) is 0 Å². The van der Waals surface area contributed by atoms with Crippen LogP contribution in [0.25, 0.3) is 11.0 Å². The number of amides is 1. The first-order valence-corrected chi connectivity index (χ1v) is 8.96. The second-order valence-electron chi connectivity index (χ2n) is 6.65. The molecule has 6 nitrogen and oxygen atoms in total. The quantitative estimate of drug-likeness (QED) is 0.765. The molecule has 0 unspecified atom stereocenters. The van der Waals surface area contributed by atoms with Gasteiger partial charge in [0.15, 0.2) is 0 Å². The standard InChI is InChI=1S/C20H25N5O/c1-6-9-25-15(5)17(14(4)24-25)11-21-20(26)16-7-8-18-19(10-16)23-13(3)12(2)22-18/h7-8,10H,6,9,11H2,1-5H3,(H,21,26). The van der Waals surface area contributed by atoms with Crippen molar-refractivity contribution < 1.29 is 4.79 Å². The predicted octanol–water partition coefficient (Wildman–Crippen LogP) is 3.40. The molecule has 1 aromatic carbocycles. The molecule has 0 spiro atoms. The number of aryl methyl sites for hydroxylation is 4. The number of fused-ring (bicyclic) bond motifs is 1. The van der Waals surface area contributed by atoms with E-state index in [0.29, 0.717) is 12.1 Å². The van der Waals surface area contributed by atoms with Crippen LogP contribution < -0.4 is 5.32 Å². The highest BCUT2D eigenvalue weighted by Crippen LogP contribution is 2.16. The number of rotatable bonds is 5. The molecule has 1 amide bonds. The van der Waals surface area contributed by atoms with E-state index >= 15 is 0 Å². The van der Waals surface area contributed by atoms with Crippen molar-refractivity contribution in [2.24, 2.45) is 0 Å². The van der Waals surface area contributed by atoms with E-state index in [1.165, 1.54) is 0 Å². The summed E-state index contributed by atoms with van der Waals surface area (Å²) in [4.78, 5) is 21.6. The summed E-state index contributed by atoms with van der Waals surface area (Å²) in [7, 11) is 0. The van der Waals surface area contributed by atoms with Crippen molar-refractivity contribution in [1.29, 1.82) is 0 Å². The third-order valence-corrected chi connectivity index (χ3v) is 4.73. The largest absolute Gasteiger partial charge is 0.348 e. The minimum Gasteiger partial charge on any atom is -0.348 e. The average molecular weight is 351 g/mol. The van der Waals surface area contributed by atoms with Gasteiger partial charge in [-0.25, -0.2) is 9.97 Å². The Balaban J connectivity index is 1.78. The van der Waals surface area contributed by atoms with E-state index in [-0.39, 0.29) is 5.91 Å². The number of carbonyl (C=O) groups excluding carboxylic acids is 1. The van der Waals surface area contributed by atoms with E-state index in [2.05, 4.69) is 27.3 Å². The van der Waals surface area contributed by atoms with E-state index in [4.69, 9.17) is 0 Å². The molecule has 0 radical (unpaired) electrons. The Labute approximate surface area is 153 Å². The van der Waals surface area contributed by atoms with Crippen molar-refractivity contribution in [1.82, 2.24) is 25.1 Å². The molecule has 1 N–H and O–H groups in total. The normalized spacial score (nSPS) is 11.1. The maximum absolute atomic E-state index is 12.6. The molecule has 0 aliphatic rings. The maximum atomic E-state index is 12.6. The third kappa shape index (κ3) is 3.45. The van der Waals surface area contributed by atoms with Gasteiger partial charge in [0, 0.05) is 29.9 Å². The summed E-state index contributed by atoms with van der Waals surface area (Å²) >= 11 is 0. The van der Waals surface area contributed by atoms with E-state index in [1.807, 2.05) is 38.4 Å². The summed E-state index contributed by atoms with van der Waals surface area (Å²) in [6, 6.07) is 5.44. The molecule has 0 fully saturated rings. The molecule has 26 heavy (non-hydrogen) atoms. The van der Waals surface area contributed by atoms with Gasteiger partial charge < -0.3 is 5.32 Å². The lowest BCUT2D eigenvalue weighted by atomic mass is 10.1. The van der Waals surface area contributed by atoms with E-state index < -0.39 is 0 Å². The van der Waals surface area contributed by atoms with Gasteiger partial charge in [0.1, 0.15) is 0 Å². The van der Waals surface area contributed by atoms with Crippen LogP contribution in [0.2, 0.25) is 0 Å². The zero-order chi connectivity index (χ0) is 18.8. The fourth-order valence-electron chi connectivity index (χ4n) is 3.06. The fraction of sp³-hybridized carbons (Fsp3) is 0.400. The van der Waals surface area contributed by atoms with Crippen molar-refractivity contribution in [3.8, 4) is 0 Å². The molecule has 0 bridgehead atoms. The Morgan fingerprint density at radius 2 is 1.73 bits per heavy atom. The number of hydrogen-bond donors (Lipinski definition) is 1. The summed E-state index contributed by atoms with van der Waals surface area (Å²) in [6.07, 6.45) is 1.03. The van der Waals surface area contributed by atoms with Gasteiger partial charge in [0.05, 0.1) is 28.1 Å². The number of benzene rings is 1. The lowest BCUT2D eigenvalue weighted by molar-refractivity contribution is 0.0951. The van der Waals surface area contributed by atoms with Gasteiger partial charge in [-0.2, -0.15) is 5.10 Å². The van der Waals surface area contributed by atoms with Crippen LogP contribution in [-0.2, 0) is 13.1 Å². The minimum atomic E-state index is -0.117. The summed E-state index contributed by atoms with van der Waals surface area (Å²) < 4.78 is 2.01. The first kappa shape index (κ1) is 18.0. The maximum Gasteiger partial charge on any atom is 0.251 e. The lowest BCUT2D eigenvalue weighted by Crippen LogP contribution is -2.23. The van der Waals surface area contributed by atoms with Gasteiger partial charge >= 0.3 is 0 Å². The summed E-state index contributed by atoms with van der Waals surface area (Å²) in [5.41, 5.74) is 7.08. The van der Waals surface area contributed by atoms with Gasteiger partial charge in [-0.1, -0.05) is 6.92 Å². The Hall–Kier alpha value is -2.76. The molecular formula is C20H25N5O. The molecule has 136 valence electrons. The number of nitrogens with one attached hydrogen (secondary N) is 1. The Morgan fingerprint density at radius 3 is 2.42 bits per heavy atom. The van der Waals surface area contributed by atoms with Crippen LogP contribution in [-0.4, -0.2) is 25.7 Å². The van der Waals surface area contributed by atoms with E-state index in [1.54, 1.807) is 12.1 Å². The lowest BCUT2D eigenvalue weighted by Gasteiger charge is -2.08. The number of carbonyl (C=O) groups is 1. The monoisotopic (exact) mass is 351 g/mol. The highest BCUT2D eigenvalue weighted by molar-refractivity contribution is 5.97. The fourth-order valence-corrected chi connectivity index (χ4v) is 3.06. The first-order chi connectivity index (χ1) is 12.4. The van der Waals surface area contributed by atoms with Gasteiger partial charge in [-0.3, -0.25) is 9.48 Å². The molecule has 3 aromatic rings. The first-order valence-electron chi connectivity index (χ1n) is 8.96. The molecule has 6 heteroatoms. The van der Waals surface area contributed by atoms with Crippen molar-refractivity contribution in [3.05, 3.63) is 52.1 Å². The Bertz CT molecular complexity index is 974. The van der Waals surface area contributed by atoms with Crippen LogP contribution in [0, 0.1) is 27.7 Å². The van der Waals surface area contributed by atoms with Crippen molar-refractivity contribution in [3.63, 3.8) is 0 Å². The van der Waals surface area contributed by atoms with Crippen molar-refractivity contribution in [2.45, 2.75) is 54.1 Å². The van der Waals surface area contributed by atoms with Gasteiger partial charge in [0.25, 0.3) is 5.91 Å². The predicted molar refractivity (Wildman–Crippen MR) is 102 cm³/mol. The summed E-state index contributed by atoms with van der Waals surface area (Å²) in [5, 5.41) is 7.56. The average Bonchev–Trinajstić information content (AvgIpc) is 2.87. The van der Waals surface area contributed by atoms with Crippen LogP contribution in [0.15, 0.2) is 18.2 Å². The minimum absolute atomic E-state index is 0.117. The smallest absolute Gasteiger partial charge is 0.251 e. The molecule has 3 rings (SSSR count). The Morgan fingerprint density at radius 1 is 1.04 bits per heavy atom. The zero-order valence-corrected chi connectivity index (χ0v) is 16.1. The highest BCUT2D eigenvalue weighted by Gasteiger charge is 2.13. The third-order valence-electron chi connectivity index (χ3n) is 4.73. The zero-order valence-electron chi connectivity index (χ0n) is 16.1.